The number of hydrogen-bond donors (Lipinski definition) is 1. The van der Waals surface area contributed by atoms with Crippen molar-refractivity contribution in [1.82, 2.24) is 14.3 Å². The Morgan fingerprint density at radius 1 is 1.55 bits per heavy atom. The topological polar surface area (TPSA) is 89.8 Å². The van der Waals surface area contributed by atoms with E-state index in [-0.39, 0.29) is 5.03 Å². The summed E-state index contributed by atoms with van der Waals surface area (Å²) in [5, 5.41) is 9.37. The van der Waals surface area contributed by atoms with E-state index < -0.39 is 14.8 Å². The average molecular weight is 314 g/mol. The summed E-state index contributed by atoms with van der Waals surface area (Å²) in [6, 6.07) is 2.31. The van der Waals surface area contributed by atoms with E-state index in [2.05, 4.69) is 16.0 Å². The first-order valence-corrected chi connectivity index (χ1v) is 9.14. The molecule has 20 heavy (non-hydrogen) atoms. The number of H-pyrrole nitrogens is 1. The van der Waals surface area contributed by atoms with Gasteiger partial charge in [0.05, 0.1) is 12.3 Å². The van der Waals surface area contributed by atoms with Crippen molar-refractivity contribution >= 4 is 21.8 Å². The Morgan fingerprint density at radius 3 is 2.65 bits per heavy atom. The van der Waals surface area contributed by atoms with E-state index in [0.29, 0.717) is 38.2 Å². The van der Waals surface area contributed by atoms with E-state index in [1.165, 1.54) is 22.3 Å². The third-order valence-electron chi connectivity index (χ3n) is 3.68. The first kappa shape index (κ1) is 15.4. The molecule has 1 aliphatic rings. The second-order valence-electron chi connectivity index (χ2n) is 4.76. The molecule has 110 valence electrons. The summed E-state index contributed by atoms with van der Waals surface area (Å²) in [5.74, 6) is 0.663. The van der Waals surface area contributed by atoms with E-state index in [1.54, 1.807) is 0 Å². The molecule has 2 rings (SSSR count). The highest BCUT2D eigenvalue weighted by Gasteiger charge is 2.38. The quantitative estimate of drug-likeness (QED) is 0.907. The number of piperidine rings is 1. The third kappa shape index (κ3) is 2.71. The lowest BCUT2D eigenvalue weighted by molar-refractivity contribution is 0.326. The van der Waals surface area contributed by atoms with Crippen molar-refractivity contribution in [3.05, 3.63) is 12.0 Å². The molecule has 0 spiro atoms. The predicted molar refractivity (Wildman–Crippen MR) is 77.8 cm³/mol. The van der Waals surface area contributed by atoms with Crippen molar-refractivity contribution in [2.45, 2.75) is 36.0 Å². The highest BCUT2D eigenvalue weighted by molar-refractivity contribution is 8.00. The van der Waals surface area contributed by atoms with Gasteiger partial charge in [-0.2, -0.15) is 9.57 Å². The molecular weight excluding hydrogens is 296 g/mol. The molecule has 0 radical (unpaired) electrons. The highest BCUT2D eigenvalue weighted by atomic mass is 32.2. The molecule has 0 unspecified atom stereocenters. The van der Waals surface area contributed by atoms with Crippen LogP contribution in [0.15, 0.2) is 11.2 Å². The van der Waals surface area contributed by atoms with E-state index in [9.17, 15) is 13.7 Å². The molecule has 6 nitrogen and oxygen atoms in total. The van der Waals surface area contributed by atoms with Crippen LogP contribution in [-0.4, -0.2) is 46.8 Å². The van der Waals surface area contributed by atoms with Crippen molar-refractivity contribution in [3.63, 3.8) is 0 Å². The van der Waals surface area contributed by atoms with Crippen molar-refractivity contribution in [2.75, 3.05) is 19.3 Å². The molecule has 1 aromatic heterocycles. The molecule has 1 aliphatic heterocycles. The lowest BCUT2D eigenvalue weighted by atomic mass is 9.99. The molecule has 8 heteroatoms. The van der Waals surface area contributed by atoms with Gasteiger partial charge < -0.3 is 4.98 Å². The van der Waals surface area contributed by atoms with Crippen LogP contribution in [0.2, 0.25) is 0 Å². The van der Waals surface area contributed by atoms with E-state index in [1.807, 2.05) is 13.2 Å². The van der Waals surface area contributed by atoms with Crippen LogP contribution in [0.4, 0.5) is 0 Å². The van der Waals surface area contributed by atoms with Gasteiger partial charge in [0.25, 0.3) is 10.0 Å². The Hall–Kier alpha value is -1.04. The van der Waals surface area contributed by atoms with Crippen LogP contribution in [-0.2, 0) is 16.4 Å². The number of nitrogens with zero attached hydrogens (tertiary/aromatic N) is 3. The zero-order valence-corrected chi connectivity index (χ0v) is 13.2. The first-order chi connectivity index (χ1) is 9.47. The summed E-state index contributed by atoms with van der Waals surface area (Å²) < 4.78 is 25.9. The molecule has 1 N–H and O–H groups in total. The van der Waals surface area contributed by atoms with Crippen LogP contribution in [0.25, 0.3) is 0 Å². The largest absolute Gasteiger partial charge is 0.332 e. The number of aromatic amines is 1. The molecule has 2 heterocycles. The Balaban J connectivity index is 2.15. The van der Waals surface area contributed by atoms with E-state index in [0.717, 1.165) is 0 Å². The fourth-order valence-electron chi connectivity index (χ4n) is 2.24. The molecule has 0 atom stereocenters. The van der Waals surface area contributed by atoms with E-state index >= 15 is 0 Å². The summed E-state index contributed by atoms with van der Waals surface area (Å²) in [6.07, 6.45) is 5.04. The minimum Gasteiger partial charge on any atom is -0.332 e. The van der Waals surface area contributed by atoms with Crippen LogP contribution >= 0.6 is 11.8 Å². The normalized spacial score (nSPS) is 19.6. The number of hydrogen-bond acceptors (Lipinski definition) is 5. The SMILES string of the molecule is CCc1ncc(S(=O)(=O)N2CCC(C#N)(SC)CC2)[nH]1. The third-order valence-corrected chi connectivity index (χ3v) is 6.77. The minimum absolute atomic E-state index is 0.142. The van der Waals surface area contributed by atoms with Crippen LogP contribution < -0.4 is 0 Å². The van der Waals surface area contributed by atoms with Crippen LogP contribution in [0.1, 0.15) is 25.6 Å². The fraction of sp³-hybridized carbons (Fsp3) is 0.667. The zero-order chi connectivity index (χ0) is 14.8. The number of sulfonamides is 1. The van der Waals surface area contributed by atoms with Crippen LogP contribution in [0.5, 0.6) is 0 Å². The monoisotopic (exact) mass is 314 g/mol. The Labute approximate surface area is 123 Å². The van der Waals surface area contributed by atoms with Gasteiger partial charge >= 0.3 is 0 Å². The summed E-state index contributed by atoms with van der Waals surface area (Å²) in [4.78, 5) is 6.88. The van der Waals surface area contributed by atoms with Gasteiger partial charge in [-0.1, -0.05) is 6.92 Å². The van der Waals surface area contributed by atoms with Crippen molar-refractivity contribution in [1.29, 1.82) is 5.26 Å². The molecular formula is C12H18N4O2S2. The van der Waals surface area contributed by atoms with E-state index in [4.69, 9.17) is 0 Å². The molecule has 1 saturated heterocycles. The molecule has 0 amide bonds. The molecule has 0 saturated carbocycles. The minimum atomic E-state index is -3.52. The second-order valence-corrected chi connectivity index (χ2v) is 7.86. The zero-order valence-electron chi connectivity index (χ0n) is 11.6. The highest BCUT2D eigenvalue weighted by Crippen LogP contribution is 2.35. The van der Waals surface area contributed by atoms with Gasteiger partial charge in [-0.25, -0.2) is 13.4 Å². The smallest absolute Gasteiger partial charge is 0.260 e. The number of imidazole rings is 1. The summed E-state index contributed by atoms with van der Waals surface area (Å²) >= 11 is 1.51. The first-order valence-electron chi connectivity index (χ1n) is 6.48. The molecule has 1 fully saturated rings. The van der Waals surface area contributed by atoms with Gasteiger partial charge in [-0.15, -0.1) is 11.8 Å². The average Bonchev–Trinajstić information content (AvgIpc) is 2.97. The summed E-state index contributed by atoms with van der Waals surface area (Å²) in [5.41, 5.74) is 0. The van der Waals surface area contributed by atoms with Gasteiger partial charge in [0.15, 0.2) is 5.03 Å². The van der Waals surface area contributed by atoms with Gasteiger partial charge in [-0.3, -0.25) is 0 Å². The number of rotatable bonds is 4. The number of thioether (sulfide) groups is 1. The molecule has 1 aromatic rings. The van der Waals surface area contributed by atoms with Gasteiger partial charge in [0, 0.05) is 19.5 Å². The number of nitriles is 1. The molecule has 0 aromatic carbocycles. The second kappa shape index (κ2) is 5.76. The maximum atomic E-state index is 12.5. The van der Waals surface area contributed by atoms with Crippen molar-refractivity contribution in [3.8, 4) is 6.07 Å². The lowest BCUT2D eigenvalue weighted by Crippen LogP contribution is -2.44. The number of aryl methyl sites for hydroxylation is 1. The van der Waals surface area contributed by atoms with Gasteiger partial charge in [0.2, 0.25) is 0 Å². The van der Waals surface area contributed by atoms with Crippen LogP contribution in [0.3, 0.4) is 0 Å². The number of nitrogens with one attached hydrogen (secondary N) is 1. The number of aromatic nitrogens is 2. The molecule has 0 aliphatic carbocycles. The van der Waals surface area contributed by atoms with Crippen molar-refractivity contribution < 1.29 is 8.42 Å². The van der Waals surface area contributed by atoms with Crippen molar-refractivity contribution in [2.24, 2.45) is 0 Å². The van der Waals surface area contributed by atoms with Crippen LogP contribution in [0, 0.1) is 11.3 Å². The maximum absolute atomic E-state index is 12.5. The lowest BCUT2D eigenvalue weighted by Gasteiger charge is -2.35. The standard InChI is InChI=1S/C12H18N4O2S2/c1-3-10-14-8-11(15-10)20(17,18)16-6-4-12(9-13,19-2)5-7-16/h8H,3-7H2,1-2H3,(H,14,15). The van der Waals surface area contributed by atoms with Gasteiger partial charge in [-0.05, 0) is 19.1 Å². The maximum Gasteiger partial charge on any atom is 0.260 e. The summed E-state index contributed by atoms with van der Waals surface area (Å²) in [6.45, 7) is 2.66. The Morgan fingerprint density at radius 2 is 2.20 bits per heavy atom. The Kier molecular flexibility index (Phi) is 4.42. The Bertz CT molecular complexity index is 610. The molecule has 0 bridgehead atoms. The fourth-order valence-corrected chi connectivity index (χ4v) is 4.30. The predicted octanol–water partition coefficient (Wildman–Crippen LogP) is 1.38. The summed E-state index contributed by atoms with van der Waals surface area (Å²) in [7, 11) is -3.52. The van der Waals surface area contributed by atoms with Gasteiger partial charge in [0.1, 0.15) is 10.6 Å².